The summed E-state index contributed by atoms with van der Waals surface area (Å²) in [6, 6.07) is 10.2. The van der Waals surface area contributed by atoms with Crippen LogP contribution in [0.5, 0.6) is 5.75 Å². The Morgan fingerprint density at radius 1 is 1.20 bits per heavy atom. The Morgan fingerprint density at radius 2 is 1.90 bits per heavy atom. The Labute approximate surface area is 125 Å². The molecule has 0 aliphatic carbocycles. The second-order valence-corrected chi connectivity index (χ2v) is 5.52. The van der Waals surface area contributed by atoms with Crippen LogP contribution in [0.25, 0.3) is 10.8 Å². The minimum Gasteiger partial charge on any atom is -0.493 e. The van der Waals surface area contributed by atoms with Crippen molar-refractivity contribution in [2.24, 2.45) is 5.73 Å². The van der Waals surface area contributed by atoms with Gasteiger partial charge in [0, 0.05) is 21.8 Å². The van der Waals surface area contributed by atoms with E-state index in [-0.39, 0.29) is 6.04 Å². The highest BCUT2D eigenvalue weighted by Crippen LogP contribution is 2.36. The van der Waals surface area contributed by atoms with E-state index in [1.807, 2.05) is 24.3 Å². The van der Waals surface area contributed by atoms with Gasteiger partial charge in [-0.05, 0) is 30.9 Å². The fourth-order valence-electron chi connectivity index (χ4n) is 2.31. The number of hydrogen-bond acceptors (Lipinski definition) is 2. The predicted octanol–water partition coefficient (Wildman–Crippen LogP) is 4.56. The van der Waals surface area contributed by atoms with Crippen LogP contribution < -0.4 is 10.5 Å². The number of hydrogen-bond donors (Lipinski definition) is 1. The summed E-state index contributed by atoms with van der Waals surface area (Å²) in [6.07, 6.45) is 2.72. The van der Waals surface area contributed by atoms with Crippen molar-refractivity contribution in [3.63, 3.8) is 0 Å². The van der Waals surface area contributed by atoms with E-state index in [1.165, 1.54) is 0 Å². The molecule has 0 aliphatic heterocycles. The molecule has 2 aromatic rings. The molecule has 0 aromatic heterocycles. The Balaban J connectivity index is 2.53. The van der Waals surface area contributed by atoms with Crippen LogP contribution in [0.4, 0.5) is 0 Å². The average molecular weight is 292 g/mol. The van der Waals surface area contributed by atoms with E-state index in [4.69, 9.17) is 22.1 Å². The fourth-order valence-corrected chi connectivity index (χ4v) is 2.61. The molecule has 1 unspecified atom stereocenters. The number of nitrogens with two attached hydrogens (primary N) is 1. The second-order valence-electron chi connectivity index (χ2n) is 5.11. The number of rotatable bonds is 6. The molecular formula is C17H22ClNO. The van der Waals surface area contributed by atoms with E-state index in [1.54, 1.807) is 0 Å². The summed E-state index contributed by atoms with van der Waals surface area (Å²) >= 11 is 6.40. The van der Waals surface area contributed by atoms with E-state index in [2.05, 4.69) is 19.9 Å². The molecule has 2 nitrogen and oxygen atoms in total. The smallest absolute Gasteiger partial charge is 0.130 e. The molecule has 0 spiro atoms. The van der Waals surface area contributed by atoms with Gasteiger partial charge in [-0.25, -0.2) is 0 Å². The summed E-state index contributed by atoms with van der Waals surface area (Å²) in [4.78, 5) is 0. The molecule has 0 saturated carbocycles. The molecule has 0 amide bonds. The molecule has 0 aliphatic rings. The number of fused-ring (bicyclic) bond motifs is 1. The van der Waals surface area contributed by atoms with Crippen molar-refractivity contribution in [1.29, 1.82) is 0 Å². The fraction of sp³-hybridized carbons (Fsp3) is 0.412. The number of halogens is 1. The summed E-state index contributed by atoms with van der Waals surface area (Å²) in [7, 11) is 0. The minimum absolute atomic E-state index is 0.135. The Kier molecular flexibility index (Phi) is 5.27. The molecule has 3 heteroatoms. The minimum atomic E-state index is 0.135. The summed E-state index contributed by atoms with van der Waals surface area (Å²) in [5.74, 6) is 0.941. The maximum atomic E-state index is 6.40. The summed E-state index contributed by atoms with van der Waals surface area (Å²) in [5, 5.41) is 2.88. The monoisotopic (exact) mass is 291 g/mol. The van der Waals surface area contributed by atoms with E-state index >= 15 is 0 Å². The lowest BCUT2D eigenvalue weighted by Crippen LogP contribution is -2.21. The highest BCUT2D eigenvalue weighted by molar-refractivity contribution is 6.35. The van der Waals surface area contributed by atoms with Crippen LogP contribution in [-0.2, 0) is 6.42 Å². The SMILES string of the molecule is CCCOc1c(CC(N)CC)cc(Cl)c2ccccc12. The Morgan fingerprint density at radius 3 is 2.55 bits per heavy atom. The second kappa shape index (κ2) is 6.96. The molecule has 0 fully saturated rings. The first-order valence-corrected chi connectivity index (χ1v) is 7.63. The maximum Gasteiger partial charge on any atom is 0.130 e. The summed E-state index contributed by atoms with van der Waals surface area (Å²) in [6.45, 7) is 4.91. The molecule has 2 N–H and O–H groups in total. The lowest BCUT2D eigenvalue weighted by molar-refractivity contribution is 0.317. The molecule has 20 heavy (non-hydrogen) atoms. The zero-order valence-corrected chi connectivity index (χ0v) is 12.9. The lowest BCUT2D eigenvalue weighted by atomic mass is 9.99. The van der Waals surface area contributed by atoms with Gasteiger partial charge in [0.1, 0.15) is 5.75 Å². The van der Waals surface area contributed by atoms with E-state index in [9.17, 15) is 0 Å². The third-order valence-corrected chi connectivity index (χ3v) is 3.79. The Hall–Kier alpha value is -1.25. The van der Waals surface area contributed by atoms with Gasteiger partial charge < -0.3 is 10.5 Å². The van der Waals surface area contributed by atoms with Crippen LogP contribution in [0.2, 0.25) is 5.02 Å². The van der Waals surface area contributed by atoms with E-state index in [0.29, 0.717) is 6.61 Å². The highest BCUT2D eigenvalue weighted by Gasteiger charge is 2.14. The standard InChI is InChI=1S/C17H22ClNO/c1-3-9-20-17-12(10-13(19)4-2)11-16(18)14-7-5-6-8-15(14)17/h5-8,11,13H,3-4,9-10,19H2,1-2H3. The van der Waals surface area contributed by atoms with Crippen LogP contribution in [0, 0.1) is 0 Å². The van der Waals surface area contributed by atoms with E-state index in [0.717, 1.165) is 46.4 Å². The van der Waals surface area contributed by atoms with Gasteiger partial charge in [0.2, 0.25) is 0 Å². The van der Waals surface area contributed by atoms with Gasteiger partial charge in [-0.15, -0.1) is 0 Å². The third-order valence-electron chi connectivity index (χ3n) is 3.48. The first kappa shape index (κ1) is 15.1. The average Bonchev–Trinajstić information content (AvgIpc) is 2.47. The van der Waals surface area contributed by atoms with Crippen molar-refractivity contribution in [3.05, 3.63) is 40.9 Å². The van der Waals surface area contributed by atoms with Gasteiger partial charge in [-0.1, -0.05) is 49.7 Å². The van der Waals surface area contributed by atoms with Crippen molar-refractivity contribution < 1.29 is 4.74 Å². The predicted molar refractivity (Wildman–Crippen MR) is 86.7 cm³/mol. The van der Waals surface area contributed by atoms with Crippen LogP contribution >= 0.6 is 11.6 Å². The lowest BCUT2D eigenvalue weighted by Gasteiger charge is -2.17. The zero-order chi connectivity index (χ0) is 14.5. The van der Waals surface area contributed by atoms with Crippen molar-refractivity contribution >= 4 is 22.4 Å². The van der Waals surface area contributed by atoms with Gasteiger partial charge in [0.05, 0.1) is 6.61 Å². The zero-order valence-electron chi connectivity index (χ0n) is 12.2. The maximum absolute atomic E-state index is 6.40. The van der Waals surface area contributed by atoms with Crippen molar-refractivity contribution in [1.82, 2.24) is 0 Å². The normalized spacial score (nSPS) is 12.6. The molecule has 108 valence electrons. The van der Waals surface area contributed by atoms with Gasteiger partial charge >= 0.3 is 0 Å². The summed E-state index contributed by atoms with van der Waals surface area (Å²) < 4.78 is 5.99. The van der Waals surface area contributed by atoms with Crippen molar-refractivity contribution in [3.8, 4) is 5.75 Å². The van der Waals surface area contributed by atoms with E-state index < -0.39 is 0 Å². The van der Waals surface area contributed by atoms with Gasteiger partial charge in [-0.3, -0.25) is 0 Å². The van der Waals surface area contributed by atoms with Crippen molar-refractivity contribution in [2.45, 2.75) is 39.2 Å². The van der Waals surface area contributed by atoms with Gasteiger partial charge in [-0.2, -0.15) is 0 Å². The van der Waals surface area contributed by atoms with Crippen LogP contribution in [0.3, 0.4) is 0 Å². The molecule has 0 saturated heterocycles. The topological polar surface area (TPSA) is 35.2 Å². The molecule has 0 bridgehead atoms. The van der Waals surface area contributed by atoms with Gasteiger partial charge in [0.15, 0.2) is 0 Å². The molecular weight excluding hydrogens is 270 g/mol. The van der Waals surface area contributed by atoms with Crippen molar-refractivity contribution in [2.75, 3.05) is 6.61 Å². The Bertz CT molecular complexity index is 582. The summed E-state index contributed by atoms with van der Waals surface area (Å²) in [5.41, 5.74) is 7.21. The first-order chi connectivity index (χ1) is 9.67. The van der Waals surface area contributed by atoms with Crippen LogP contribution in [0.1, 0.15) is 32.3 Å². The third kappa shape index (κ3) is 3.25. The number of benzene rings is 2. The quantitative estimate of drug-likeness (QED) is 0.846. The first-order valence-electron chi connectivity index (χ1n) is 7.25. The van der Waals surface area contributed by atoms with Crippen LogP contribution in [-0.4, -0.2) is 12.6 Å². The largest absolute Gasteiger partial charge is 0.493 e. The number of ether oxygens (including phenoxy) is 1. The molecule has 0 heterocycles. The van der Waals surface area contributed by atoms with Crippen LogP contribution in [0.15, 0.2) is 30.3 Å². The van der Waals surface area contributed by atoms with Gasteiger partial charge in [0.25, 0.3) is 0 Å². The molecule has 1 atom stereocenters. The molecule has 2 rings (SSSR count). The highest BCUT2D eigenvalue weighted by atomic mass is 35.5. The molecule has 0 radical (unpaired) electrons. The molecule has 2 aromatic carbocycles.